The summed E-state index contributed by atoms with van der Waals surface area (Å²) in [6, 6.07) is 12.0. The third kappa shape index (κ3) is 2.57. The van der Waals surface area contributed by atoms with E-state index >= 15 is 0 Å². The molecule has 4 heterocycles. The molecule has 0 aliphatic carbocycles. The third-order valence-corrected chi connectivity index (χ3v) is 7.16. The number of amides is 2. The van der Waals surface area contributed by atoms with Gasteiger partial charge in [-0.3, -0.25) is 14.4 Å². The summed E-state index contributed by atoms with van der Waals surface area (Å²) < 4.78 is 11.8. The van der Waals surface area contributed by atoms with Crippen LogP contribution in [0.3, 0.4) is 0 Å². The molecule has 2 unspecified atom stereocenters. The normalized spacial score (nSPS) is 23.8. The van der Waals surface area contributed by atoms with Crippen molar-refractivity contribution < 1.29 is 18.7 Å². The summed E-state index contributed by atoms with van der Waals surface area (Å²) in [6.07, 6.45) is 1.45. The number of rotatable bonds is 3. The lowest BCUT2D eigenvalue weighted by molar-refractivity contribution is -0.126. The number of carbonyl (C=O) groups is 2. The lowest BCUT2D eigenvalue weighted by atomic mass is 9.83. The van der Waals surface area contributed by atoms with Crippen LogP contribution < -0.4 is 10.3 Å². The number of para-hydroxylation sites is 1. The second-order valence-electron chi connectivity index (χ2n) is 8.60. The van der Waals surface area contributed by atoms with Gasteiger partial charge in [-0.15, -0.1) is 0 Å². The van der Waals surface area contributed by atoms with Gasteiger partial charge in [0.05, 0.1) is 22.7 Å². The number of benzene rings is 2. The first-order chi connectivity index (χ1) is 16.0. The molecule has 1 fully saturated rings. The van der Waals surface area contributed by atoms with Crippen LogP contribution in [0.25, 0.3) is 11.0 Å². The minimum Gasteiger partial charge on any atom is -0.450 e. The van der Waals surface area contributed by atoms with E-state index in [1.165, 1.54) is 11.0 Å². The quantitative estimate of drug-likeness (QED) is 0.590. The SMILES string of the molecule is CCN1C(=O)C2(c3ccccc31)c1c(oc3ccc(Cl)cc3c1=O)C(=O)N2CC1CCCO1. The molecule has 2 atom stereocenters. The highest BCUT2D eigenvalue weighted by Crippen LogP contribution is 2.52. The Morgan fingerprint density at radius 2 is 1.97 bits per heavy atom. The average Bonchev–Trinajstić information content (AvgIpc) is 3.48. The average molecular weight is 465 g/mol. The van der Waals surface area contributed by atoms with Crippen molar-refractivity contribution in [2.24, 2.45) is 0 Å². The van der Waals surface area contributed by atoms with Crippen molar-refractivity contribution in [3.8, 4) is 0 Å². The molecule has 3 aliphatic heterocycles. The molecule has 1 saturated heterocycles. The standard InChI is InChI=1S/C25H21ClN2O5/c1-2-27-18-8-4-3-7-17(18)25(24(27)31)20-21(29)16-12-14(26)9-10-19(16)33-22(20)23(30)28(25)13-15-6-5-11-32-15/h3-4,7-10,12,15H,2,5-6,11,13H2,1H3. The van der Waals surface area contributed by atoms with Crippen molar-refractivity contribution >= 4 is 40.1 Å². The van der Waals surface area contributed by atoms with Gasteiger partial charge in [-0.05, 0) is 44.0 Å². The van der Waals surface area contributed by atoms with Gasteiger partial charge in [-0.1, -0.05) is 29.8 Å². The molecule has 168 valence electrons. The van der Waals surface area contributed by atoms with Gasteiger partial charge in [0.1, 0.15) is 5.58 Å². The molecule has 6 rings (SSSR count). The highest BCUT2D eigenvalue weighted by Gasteiger charge is 2.65. The molecule has 0 radical (unpaired) electrons. The zero-order valence-corrected chi connectivity index (χ0v) is 18.7. The third-order valence-electron chi connectivity index (χ3n) is 6.92. The molecule has 8 heteroatoms. The molecule has 0 saturated carbocycles. The van der Waals surface area contributed by atoms with E-state index < -0.39 is 16.9 Å². The van der Waals surface area contributed by atoms with E-state index in [4.69, 9.17) is 20.8 Å². The van der Waals surface area contributed by atoms with Gasteiger partial charge in [0.25, 0.3) is 11.8 Å². The highest BCUT2D eigenvalue weighted by atomic mass is 35.5. The molecular weight excluding hydrogens is 444 g/mol. The lowest BCUT2D eigenvalue weighted by Crippen LogP contribution is -2.55. The maximum absolute atomic E-state index is 14.1. The molecular formula is C25H21ClN2O5. The van der Waals surface area contributed by atoms with E-state index in [9.17, 15) is 14.4 Å². The van der Waals surface area contributed by atoms with Gasteiger partial charge < -0.3 is 19.0 Å². The highest BCUT2D eigenvalue weighted by molar-refractivity contribution is 6.31. The van der Waals surface area contributed by atoms with E-state index in [0.717, 1.165) is 12.8 Å². The van der Waals surface area contributed by atoms with E-state index in [1.54, 1.807) is 17.0 Å². The first kappa shape index (κ1) is 20.4. The second kappa shape index (κ2) is 7.17. The van der Waals surface area contributed by atoms with Crippen LogP contribution in [0, 0.1) is 0 Å². The minimum atomic E-state index is -1.60. The Bertz CT molecular complexity index is 1390. The predicted molar refractivity (Wildman–Crippen MR) is 123 cm³/mol. The van der Waals surface area contributed by atoms with Crippen LogP contribution in [0.2, 0.25) is 5.02 Å². The van der Waals surface area contributed by atoms with Gasteiger partial charge in [0.2, 0.25) is 5.76 Å². The Morgan fingerprint density at radius 3 is 2.73 bits per heavy atom. The maximum atomic E-state index is 14.1. The van der Waals surface area contributed by atoms with Crippen LogP contribution in [0.15, 0.2) is 51.7 Å². The number of ether oxygens (including phenoxy) is 1. The minimum absolute atomic E-state index is 0.0636. The van der Waals surface area contributed by atoms with Gasteiger partial charge in [-0.2, -0.15) is 0 Å². The van der Waals surface area contributed by atoms with Crippen LogP contribution in [0.4, 0.5) is 5.69 Å². The van der Waals surface area contributed by atoms with Crippen molar-refractivity contribution in [3.63, 3.8) is 0 Å². The van der Waals surface area contributed by atoms with Crippen molar-refractivity contribution in [3.05, 3.63) is 74.6 Å². The topological polar surface area (TPSA) is 80.1 Å². The number of halogens is 1. The molecule has 1 aromatic heterocycles. The molecule has 33 heavy (non-hydrogen) atoms. The number of hydrogen-bond donors (Lipinski definition) is 0. The lowest BCUT2D eigenvalue weighted by Gasteiger charge is -2.35. The number of hydrogen-bond acceptors (Lipinski definition) is 5. The van der Waals surface area contributed by atoms with Crippen LogP contribution >= 0.6 is 11.6 Å². The Balaban J connectivity index is 1.70. The van der Waals surface area contributed by atoms with Crippen LogP contribution in [0.1, 0.15) is 41.4 Å². The molecule has 0 N–H and O–H groups in total. The summed E-state index contributed by atoms with van der Waals surface area (Å²) in [4.78, 5) is 45.0. The van der Waals surface area contributed by atoms with Gasteiger partial charge in [-0.25, -0.2) is 0 Å². The van der Waals surface area contributed by atoms with Crippen LogP contribution in [0.5, 0.6) is 0 Å². The van der Waals surface area contributed by atoms with Crippen molar-refractivity contribution in [2.75, 3.05) is 24.6 Å². The van der Waals surface area contributed by atoms with Crippen molar-refractivity contribution in [1.82, 2.24) is 4.90 Å². The van der Waals surface area contributed by atoms with Crippen molar-refractivity contribution in [1.29, 1.82) is 0 Å². The monoisotopic (exact) mass is 464 g/mol. The molecule has 3 aliphatic rings. The smallest absolute Gasteiger partial charge is 0.291 e. The van der Waals surface area contributed by atoms with Crippen LogP contribution in [-0.2, 0) is 15.1 Å². The fraction of sp³-hybridized carbons (Fsp3) is 0.320. The molecule has 2 aromatic carbocycles. The van der Waals surface area contributed by atoms with Gasteiger partial charge in [0, 0.05) is 30.3 Å². The number of likely N-dealkylation sites (N-methyl/N-ethyl adjacent to an activating group) is 1. The summed E-state index contributed by atoms with van der Waals surface area (Å²) in [5.41, 5.74) is -0.394. The van der Waals surface area contributed by atoms with E-state index in [-0.39, 0.29) is 40.8 Å². The first-order valence-corrected chi connectivity index (χ1v) is 11.5. The summed E-state index contributed by atoms with van der Waals surface area (Å²) >= 11 is 6.17. The maximum Gasteiger partial charge on any atom is 0.291 e. The summed E-state index contributed by atoms with van der Waals surface area (Å²) in [7, 11) is 0. The zero-order valence-electron chi connectivity index (χ0n) is 18.0. The predicted octanol–water partition coefficient (Wildman–Crippen LogP) is 3.69. The fourth-order valence-corrected chi connectivity index (χ4v) is 5.69. The van der Waals surface area contributed by atoms with E-state index in [1.807, 2.05) is 31.2 Å². The summed E-state index contributed by atoms with van der Waals surface area (Å²) in [6.45, 7) is 3.08. The fourth-order valence-electron chi connectivity index (χ4n) is 5.52. The zero-order chi connectivity index (χ0) is 22.9. The number of anilines is 1. The molecule has 2 amide bonds. The molecule has 3 aromatic rings. The van der Waals surface area contributed by atoms with Gasteiger partial charge in [0.15, 0.2) is 11.0 Å². The second-order valence-corrected chi connectivity index (χ2v) is 9.04. The number of carbonyl (C=O) groups excluding carboxylic acids is 2. The summed E-state index contributed by atoms with van der Waals surface area (Å²) in [5, 5.41) is 0.616. The Kier molecular flexibility index (Phi) is 4.44. The molecule has 7 nitrogen and oxygen atoms in total. The van der Waals surface area contributed by atoms with Gasteiger partial charge >= 0.3 is 0 Å². The molecule has 1 spiro atoms. The Morgan fingerprint density at radius 1 is 1.15 bits per heavy atom. The number of nitrogens with zero attached hydrogens (tertiary/aromatic N) is 2. The molecule has 0 bridgehead atoms. The largest absolute Gasteiger partial charge is 0.450 e. The van der Waals surface area contributed by atoms with Crippen molar-refractivity contribution in [2.45, 2.75) is 31.4 Å². The Labute approximate surface area is 194 Å². The van der Waals surface area contributed by atoms with Crippen LogP contribution in [-0.4, -0.2) is 42.5 Å². The number of fused-ring (bicyclic) bond motifs is 5. The Hall–Kier alpha value is -3.16. The van der Waals surface area contributed by atoms with E-state index in [0.29, 0.717) is 29.4 Å². The first-order valence-electron chi connectivity index (χ1n) is 11.1. The summed E-state index contributed by atoms with van der Waals surface area (Å²) in [5.74, 6) is -0.894. The van der Waals surface area contributed by atoms with E-state index in [2.05, 4.69) is 0 Å².